The molecule has 2 aliphatic heterocycles. The van der Waals surface area contributed by atoms with Crippen LogP contribution in [-0.2, 0) is 62.4 Å². The van der Waals surface area contributed by atoms with Gasteiger partial charge < -0.3 is 75.4 Å². The minimum absolute atomic E-state index is 0.0513. The number of nitrogens with one attached hydrogen (secondary N) is 10. The van der Waals surface area contributed by atoms with Gasteiger partial charge in [0.25, 0.3) is 5.91 Å². The fourth-order valence-corrected chi connectivity index (χ4v) is 11.0. The second kappa shape index (κ2) is 30.1. The number of amides is 10. The summed E-state index contributed by atoms with van der Waals surface area (Å²) in [7, 11) is 2.06. The van der Waals surface area contributed by atoms with Crippen molar-refractivity contribution in [3.05, 3.63) is 90.1 Å². The maximum Gasteiger partial charge on any atom is 0.325 e. The number of hydrogen-bond acceptors (Lipinski definition) is 15. The lowest BCUT2D eigenvalue weighted by Crippen LogP contribution is -2.60. The van der Waals surface area contributed by atoms with E-state index in [1.54, 1.807) is 36.5 Å². The van der Waals surface area contributed by atoms with Crippen LogP contribution in [0.15, 0.2) is 83.3 Å². The second-order valence-electron chi connectivity index (χ2n) is 19.2. The Morgan fingerprint density at radius 1 is 0.654 bits per heavy atom. The van der Waals surface area contributed by atoms with E-state index in [4.69, 9.17) is 22.9 Å². The number of H-pyrrole nitrogens is 2. The van der Waals surface area contributed by atoms with Crippen LogP contribution < -0.4 is 65.5 Å². The molecule has 4 heterocycles. The summed E-state index contributed by atoms with van der Waals surface area (Å²) in [5.41, 5.74) is 24.3. The molecule has 2 aliphatic rings. The van der Waals surface area contributed by atoms with E-state index >= 15 is 0 Å². The Balaban J connectivity index is 1.33. The molecule has 2 aromatic heterocycles. The SMILES string of the molecule is CC(=O)[C@@H]1CSSC[C@H](NC(=O)CN2C(=O)N[C@H](CCCN=C(N)N)C2=O)C(=O)N[C@H](C)C(=O)N[C@@H](Cc2cnc[nH]2)C(=O)N[C@H](Cc2ccccc2)C(=O)N[C@@H](CCCN=C(N)N)C(=O)N[C@@H](Cc2c[nH]c3ccccc23)C(=O)N1. The molecule has 0 spiro atoms. The summed E-state index contributed by atoms with van der Waals surface area (Å²) in [4.78, 5) is 158. The average molecular weight is 1160 g/mol. The van der Waals surface area contributed by atoms with Gasteiger partial charge in [-0.05, 0) is 56.7 Å². The Morgan fingerprint density at radius 3 is 1.89 bits per heavy atom. The van der Waals surface area contributed by atoms with E-state index in [-0.39, 0.29) is 75.0 Å². The van der Waals surface area contributed by atoms with Crippen molar-refractivity contribution in [2.75, 3.05) is 31.1 Å². The molecule has 2 saturated heterocycles. The minimum atomic E-state index is -1.45. The van der Waals surface area contributed by atoms with Gasteiger partial charge in [0.2, 0.25) is 41.4 Å². The van der Waals surface area contributed by atoms with E-state index in [1.807, 2.05) is 24.3 Å². The molecule has 28 nitrogen and oxygen atoms in total. The zero-order valence-electron chi connectivity index (χ0n) is 44.5. The zero-order chi connectivity index (χ0) is 58.6. The topological polar surface area (TPSA) is 443 Å². The van der Waals surface area contributed by atoms with Gasteiger partial charge in [0.05, 0.1) is 12.4 Å². The Morgan fingerprint density at radius 2 is 1.23 bits per heavy atom. The van der Waals surface area contributed by atoms with Crippen LogP contribution in [0, 0.1) is 0 Å². The third-order valence-electron chi connectivity index (χ3n) is 13.0. The number of guanidine groups is 2. The summed E-state index contributed by atoms with van der Waals surface area (Å²) >= 11 is 0. The summed E-state index contributed by atoms with van der Waals surface area (Å²) in [6, 6.07) is 4.66. The fourth-order valence-electron chi connectivity index (χ4n) is 8.64. The molecule has 0 bridgehead atoms. The molecule has 2 fully saturated rings. The Labute approximate surface area is 473 Å². The third kappa shape index (κ3) is 18.7. The number of urea groups is 1. The van der Waals surface area contributed by atoms with Gasteiger partial charge in [0.1, 0.15) is 48.8 Å². The molecule has 30 heteroatoms. The van der Waals surface area contributed by atoms with Crippen molar-refractivity contribution in [3.8, 4) is 0 Å². The van der Waals surface area contributed by atoms with Crippen molar-refractivity contribution >= 4 is 103 Å². The number of Topliss-reactive ketones (excluding diaryl/α,β-unsaturated/α-hetero) is 1. The third-order valence-corrected chi connectivity index (χ3v) is 15.4. The van der Waals surface area contributed by atoms with E-state index in [0.717, 1.165) is 32.5 Å². The molecule has 0 saturated carbocycles. The van der Waals surface area contributed by atoms with Gasteiger partial charge in [-0.3, -0.25) is 58.0 Å². The van der Waals surface area contributed by atoms with E-state index < -0.39 is 114 Å². The quantitative estimate of drug-likeness (QED) is 0.0159. The molecule has 434 valence electrons. The number of aromatic amines is 2. The van der Waals surface area contributed by atoms with Gasteiger partial charge in [-0.25, -0.2) is 9.78 Å². The molecule has 18 N–H and O–H groups in total. The van der Waals surface area contributed by atoms with Crippen molar-refractivity contribution in [1.29, 1.82) is 0 Å². The highest BCUT2D eigenvalue weighted by atomic mass is 33.1. The van der Waals surface area contributed by atoms with Crippen molar-refractivity contribution < 1.29 is 47.9 Å². The lowest BCUT2D eigenvalue weighted by Gasteiger charge is -2.27. The average Bonchev–Trinajstić information content (AvgIpc) is 4.33. The maximum absolute atomic E-state index is 14.7. The number of aliphatic imine (C=N–C) groups is 2. The molecular weight excluding hydrogens is 1090 g/mol. The van der Waals surface area contributed by atoms with Crippen molar-refractivity contribution in [2.24, 2.45) is 32.9 Å². The second-order valence-corrected chi connectivity index (χ2v) is 21.7. The first kappa shape index (κ1) is 61.5. The smallest absolute Gasteiger partial charge is 0.325 e. The predicted octanol–water partition coefficient (Wildman–Crippen LogP) is -2.66. The number of nitrogens with two attached hydrogens (primary N) is 4. The van der Waals surface area contributed by atoms with Crippen molar-refractivity contribution in [1.82, 2.24) is 62.4 Å². The number of carbonyl (C=O) groups is 10. The number of carbonyl (C=O) groups excluding carboxylic acids is 10. The lowest BCUT2D eigenvalue weighted by atomic mass is 10.0. The number of fused-ring (bicyclic) bond motifs is 1. The van der Waals surface area contributed by atoms with E-state index in [0.29, 0.717) is 28.1 Å². The number of nitrogens with zero attached hydrogens (tertiary/aromatic N) is 4. The van der Waals surface area contributed by atoms with Crippen LogP contribution in [0.5, 0.6) is 0 Å². The number of ketones is 1. The standard InChI is InChI=1S/C51H68N18O10S2/c1-27-42(72)64-38(20-31-22-56-26-60-31)46(76)65-36(18-29-10-4-3-5-11-29)44(74)63-34(14-8-16-57-49(52)53)43(73)66-37(19-30-21-59-33-13-7-6-12-32(30)33)45(75)67-39(28(2)70)24-80-81-25-40(47(77)61-27)62-41(71)23-69-48(78)35(68-51(69)79)15-9-17-58-50(54)55/h3-7,10-13,21-22,26-27,34-40,59H,8-9,14-20,23-25H2,1-2H3,(H,56,60)(H,61,77)(H,62,71)(H,63,74)(H,64,72)(H,65,76)(H,66,73)(H,67,75)(H,68,79)(H4,52,53,57)(H4,54,55,58)/t27-,34+,35-,36-,37+,38+,39+,40+/m1/s1. The Bertz CT molecular complexity index is 2950. The van der Waals surface area contributed by atoms with E-state index in [1.165, 1.54) is 26.4 Å². The first-order valence-corrected chi connectivity index (χ1v) is 28.4. The first-order valence-electron chi connectivity index (χ1n) is 25.9. The highest BCUT2D eigenvalue weighted by Crippen LogP contribution is 2.25. The molecule has 0 unspecified atom stereocenters. The minimum Gasteiger partial charge on any atom is -0.370 e. The highest BCUT2D eigenvalue weighted by molar-refractivity contribution is 8.76. The summed E-state index contributed by atoms with van der Waals surface area (Å²) in [6.07, 6.45) is 4.73. The highest BCUT2D eigenvalue weighted by Gasteiger charge is 2.40. The summed E-state index contributed by atoms with van der Waals surface area (Å²) < 4.78 is 0. The van der Waals surface area contributed by atoms with Crippen LogP contribution in [0.1, 0.15) is 56.4 Å². The number of hydrogen-bond donors (Lipinski definition) is 14. The van der Waals surface area contributed by atoms with Crippen LogP contribution in [0.4, 0.5) is 4.79 Å². The van der Waals surface area contributed by atoms with Crippen LogP contribution >= 0.6 is 21.6 Å². The number of imide groups is 1. The number of aromatic nitrogens is 3. The van der Waals surface area contributed by atoms with Gasteiger partial charge >= 0.3 is 6.03 Å². The predicted molar refractivity (Wildman–Crippen MR) is 303 cm³/mol. The Kier molecular flexibility index (Phi) is 22.8. The van der Waals surface area contributed by atoms with Crippen molar-refractivity contribution in [2.45, 2.75) is 107 Å². The first-order chi connectivity index (χ1) is 38.8. The van der Waals surface area contributed by atoms with Crippen LogP contribution in [0.2, 0.25) is 0 Å². The molecule has 2 aromatic carbocycles. The van der Waals surface area contributed by atoms with Gasteiger partial charge in [0.15, 0.2) is 17.7 Å². The summed E-state index contributed by atoms with van der Waals surface area (Å²) in [6.45, 7) is 2.05. The van der Waals surface area contributed by atoms with E-state index in [2.05, 4.69) is 67.5 Å². The molecular formula is C51H68N18O10S2. The monoisotopic (exact) mass is 1160 g/mol. The maximum atomic E-state index is 14.7. The lowest BCUT2D eigenvalue weighted by molar-refractivity contribution is -0.135. The molecule has 6 rings (SSSR count). The molecule has 81 heavy (non-hydrogen) atoms. The normalized spacial score (nSPS) is 22.9. The van der Waals surface area contributed by atoms with Crippen LogP contribution in [-0.4, -0.2) is 170 Å². The van der Waals surface area contributed by atoms with Crippen LogP contribution in [0.3, 0.4) is 0 Å². The fraction of sp³-hybridized carbons (Fsp3) is 0.431. The molecule has 4 aromatic rings. The number of para-hydroxylation sites is 1. The largest absolute Gasteiger partial charge is 0.370 e. The number of rotatable bonds is 18. The van der Waals surface area contributed by atoms with Gasteiger partial charge in [-0.2, -0.15) is 0 Å². The summed E-state index contributed by atoms with van der Waals surface area (Å²) in [5.74, 6) is -7.68. The van der Waals surface area contributed by atoms with E-state index in [9.17, 15) is 47.9 Å². The summed E-state index contributed by atoms with van der Waals surface area (Å²) in [5, 5.41) is 22.1. The van der Waals surface area contributed by atoms with Gasteiger partial charge in [-0.15, -0.1) is 0 Å². The molecule has 10 amide bonds. The Hall–Kier alpha value is -8.67. The van der Waals surface area contributed by atoms with Crippen LogP contribution in [0.25, 0.3) is 10.9 Å². The molecule has 0 aliphatic carbocycles. The number of imidazole rings is 1. The molecule has 0 radical (unpaired) electrons. The van der Waals surface area contributed by atoms with Gasteiger partial charge in [-0.1, -0.05) is 70.1 Å². The zero-order valence-corrected chi connectivity index (χ0v) is 46.2. The number of benzene rings is 2. The van der Waals surface area contributed by atoms with Gasteiger partial charge in [0, 0.05) is 72.8 Å². The van der Waals surface area contributed by atoms with Crippen molar-refractivity contribution in [3.63, 3.8) is 0 Å². The molecule has 8 atom stereocenters.